The van der Waals surface area contributed by atoms with Gasteiger partial charge in [0.05, 0.1) is 43.0 Å². The Hall–Kier alpha value is -2.56. The fourth-order valence-corrected chi connectivity index (χ4v) is 5.04. The summed E-state index contributed by atoms with van der Waals surface area (Å²) in [5.74, 6) is 1.68. The van der Waals surface area contributed by atoms with Gasteiger partial charge in [0.15, 0.2) is 11.5 Å². The van der Waals surface area contributed by atoms with Gasteiger partial charge in [-0.1, -0.05) is 11.3 Å². The van der Waals surface area contributed by atoms with Crippen molar-refractivity contribution in [3.63, 3.8) is 0 Å². The van der Waals surface area contributed by atoms with Crippen molar-refractivity contribution in [2.75, 3.05) is 35.0 Å². The molecule has 3 rings (SSSR count). The van der Waals surface area contributed by atoms with E-state index in [2.05, 4.69) is 4.40 Å². The number of hydrogen-bond acceptors (Lipinski definition) is 7. The average Bonchev–Trinajstić information content (AvgIpc) is 3.06. The molecule has 0 bridgehead atoms. The van der Waals surface area contributed by atoms with Crippen LogP contribution >= 0.6 is 11.3 Å². The summed E-state index contributed by atoms with van der Waals surface area (Å²) in [5, 5.41) is 0. The van der Waals surface area contributed by atoms with Crippen LogP contribution in [0.25, 0.3) is 10.2 Å². The predicted octanol–water partition coefficient (Wildman–Crippen LogP) is 2.66. The summed E-state index contributed by atoms with van der Waals surface area (Å²) in [5.41, 5.74) is 0.786. The van der Waals surface area contributed by atoms with Gasteiger partial charge in [-0.3, -0.25) is 0 Å². The number of hydrogen-bond donors (Lipinski definition) is 0. The fourth-order valence-electron chi connectivity index (χ4n) is 2.77. The van der Waals surface area contributed by atoms with Crippen LogP contribution in [0, 0.1) is 0 Å². The average molecular weight is 439 g/mol. The summed E-state index contributed by atoms with van der Waals surface area (Å²) in [6, 6.07) is 9.72. The molecule has 10 heteroatoms. The van der Waals surface area contributed by atoms with Crippen LogP contribution in [-0.4, -0.2) is 48.0 Å². The van der Waals surface area contributed by atoms with Crippen LogP contribution in [0.15, 0.2) is 45.7 Å². The first-order valence-electron chi connectivity index (χ1n) is 8.63. The second-order valence-corrected chi connectivity index (χ2v) is 8.56. The topological polar surface area (TPSA) is 88.4 Å². The number of thiazole rings is 1. The number of benzene rings is 2. The van der Waals surface area contributed by atoms with Crippen LogP contribution in [0.5, 0.6) is 17.2 Å². The third-order valence-electron chi connectivity index (χ3n) is 4.26. The van der Waals surface area contributed by atoms with Gasteiger partial charge in [-0.25, -0.2) is 0 Å². The molecule has 3 aromatic rings. The van der Waals surface area contributed by atoms with Gasteiger partial charge in [-0.15, -0.1) is 4.40 Å². The maximum atomic E-state index is 12.9. The van der Waals surface area contributed by atoms with Crippen LogP contribution in [0.2, 0.25) is 0 Å². The highest BCUT2D eigenvalue weighted by atomic mass is 32.2. The fraction of sp³-hybridized carbons (Fsp3) is 0.316. The smallest absolute Gasteiger partial charge is 0.285 e. The maximum absolute atomic E-state index is 12.9. The van der Waals surface area contributed by atoms with E-state index in [1.54, 1.807) is 50.2 Å². The van der Waals surface area contributed by atoms with Crippen molar-refractivity contribution in [3.05, 3.63) is 41.2 Å². The molecule has 0 saturated carbocycles. The molecule has 1 heterocycles. The molecule has 156 valence electrons. The van der Waals surface area contributed by atoms with E-state index in [1.165, 1.54) is 30.6 Å². The zero-order valence-electron chi connectivity index (χ0n) is 16.5. The number of nitrogens with zero attached hydrogens (tertiary/aromatic N) is 2. The van der Waals surface area contributed by atoms with Crippen molar-refractivity contribution < 1.29 is 27.4 Å². The van der Waals surface area contributed by atoms with Crippen molar-refractivity contribution in [3.8, 4) is 17.2 Å². The molecule has 0 N–H and O–H groups in total. The van der Waals surface area contributed by atoms with E-state index in [4.69, 9.17) is 18.9 Å². The number of fused-ring (bicyclic) bond motifs is 1. The van der Waals surface area contributed by atoms with Crippen molar-refractivity contribution in [2.45, 2.75) is 11.4 Å². The SMILES string of the molecule is COCCn1c(=NS(=O)(=O)c2ccc(OC)cc2)sc2cc(OC)c(OC)cc21. The van der Waals surface area contributed by atoms with Crippen LogP contribution in [-0.2, 0) is 21.3 Å². The lowest BCUT2D eigenvalue weighted by molar-refractivity contribution is 0.187. The Kier molecular flexibility index (Phi) is 6.46. The first kappa shape index (κ1) is 21.2. The molecule has 0 fully saturated rings. The van der Waals surface area contributed by atoms with Crippen LogP contribution in [0.4, 0.5) is 0 Å². The largest absolute Gasteiger partial charge is 0.497 e. The summed E-state index contributed by atoms with van der Waals surface area (Å²) < 4.78 is 53.4. The van der Waals surface area contributed by atoms with E-state index in [0.717, 1.165) is 10.2 Å². The molecule has 0 saturated heterocycles. The highest BCUT2D eigenvalue weighted by Crippen LogP contribution is 2.33. The van der Waals surface area contributed by atoms with Crippen molar-refractivity contribution >= 4 is 31.6 Å². The Morgan fingerprint density at radius 1 is 0.966 bits per heavy atom. The minimum atomic E-state index is -3.91. The lowest BCUT2D eigenvalue weighted by atomic mass is 10.3. The summed E-state index contributed by atoms with van der Waals surface area (Å²) in [7, 11) is 2.30. The second-order valence-electron chi connectivity index (χ2n) is 5.95. The molecule has 0 spiro atoms. The number of methoxy groups -OCH3 is 4. The van der Waals surface area contributed by atoms with E-state index >= 15 is 0 Å². The molecule has 2 aromatic carbocycles. The van der Waals surface area contributed by atoms with Crippen LogP contribution in [0.1, 0.15) is 0 Å². The number of aromatic nitrogens is 1. The minimum Gasteiger partial charge on any atom is -0.497 e. The van der Waals surface area contributed by atoms with E-state index in [-0.39, 0.29) is 4.90 Å². The molecular formula is C19H22N2O6S2. The van der Waals surface area contributed by atoms with Gasteiger partial charge >= 0.3 is 0 Å². The van der Waals surface area contributed by atoms with Gasteiger partial charge in [0.25, 0.3) is 10.0 Å². The molecule has 8 nitrogen and oxygen atoms in total. The molecule has 29 heavy (non-hydrogen) atoms. The zero-order chi connectivity index (χ0) is 21.0. The molecule has 0 radical (unpaired) electrons. The first-order chi connectivity index (χ1) is 13.9. The molecular weight excluding hydrogens is 416 g/mol. The quantitative estimate of drug-likeness (QED) is 0.537. The number of ether oxygens (including phenoxy) is 4. The van der Waals surface area contributed by atoms with E-state index < -0.39 is 10.0 Å². The Balaban J connectivity index is 2.20. The highest BCUT2D eigenvalue weighted by molar-refractivity contribution is 7.90. The number of rotatable bonds is 8. The summed E-state index contributed by atoms with van der Waals surface area (Å²) in [6.45, 7) is 0.832. The zero-order valence-corrected chi connectivity index (χ0v) is 18.2. The van der Waals surface area contributed by atoms with Gasteiger partial charge < -0.3 is 23.5 Å². The molecule has 0 atom stereocenters. The molecule has 0 unspecified atom stereocenters. The van der Waals surface area contributed by atoms with Crippen molar-refractivity contribution in [1.82, 2.24) is 4.57 Å². The second kappa shape index (κ2) is 8.85. The third kappa shape index (κ3) is 4.39. The Labute approximate surface area is 173 Å². The highest BCUT2D eigenvalue weighted by Gasteiger charge is 2.17. The van der Waals surface area contributed by atoms with Crippen LogP contribution in [0.3, 0.4) is 0 Å². The van der Waals surface area contributed by atoms with E-state index in [0.29, 0.717) is 35.2 Å². The molecule has 0 amide bonds. The normalized spacial score (nSPS) is 12.3. The van der Waals surface area contributed by atoms with Gasteiger partial charge in [-0.2, -0.15) is 8.42 Å². The summed E-state index contributed by atoms with van der Waals surface area (Å²) in [4.78, 5) is 0.424. The number of sulfonamides is 1. The molecule has 1 aromatic heterocycles. The van der Waals surface area contributed by atoms with Gasteiger partial charge in [0, 0.05) is 25.8 Å². The van der Waals surface area contributed by atoms with Crippen molar-refractivity contribution in [1.29, 1.82) is 0 Å². The first-order valence-corrected chi connectivity index (χ1v) is 10.9. The van der Waals surface area contributed by atoms with Gasteiger partial charge in [0.2, 0.25) is 4.80 Å². The molecule has 0 aliphatic heterocycles. The van der Waals surface area contributed by atoms with Gasteiger partial charge in [-0.05, 0) is 24.3 Å². The third-order valence-corrected chi connectivity index (χ3v) is 6.70. The summed E-state index contributed by atoms with van der Waals surface area (Å²) >= 11 is 1.25. The van der Waals surface area contributed by atoms with E-state index in [1.807, 2.05) is 0 Å². The van der Waals surface area contributed by atoms with Crippen molar-refractivity contribution in [2.24, 2.45) is 4.40 Å². The lowest BCUT2D eigenvalue weighted by Gasteiger charge is -2.09. The minimum absolute atomic E-state index is 0.0872. The lowest BCUT2D eigenvalue weighted by Crippen LogP contribution is -2.19. The Bertz CT molecular complexity index is 1160. The van der Waals surface area contributed by atoms with Crippen LogP contribution < -0.4 is 19.0 Å². The Morgan fingerprint density at radius 2 is 1.62 bits per heavy atom. The van der Waals surface area contributed by atoms with E-state index in [9.17, 15) is 8.42 Å². The molecule has 0 aliphatic carbocycles. The summed E-state index contributed by atoms with van der Waals surface area (Å²) in [6.07, 6.45) is 0. The predicted molar refractivity (Wildman–Crippen MR) is 111 cm³/mol. The maximum Gasteiger partial charge on any atom is 0.285 e. The Morgan fingerprint density at radius 3 is 2.21 bits per heavy atom. The standard InChI is InChI=1S/C19H22N2O6S2/c1-24-10-9-21-15-11-16(26-3)17(27-4)12-18(15)28-19(21)20-29(22,23)14-7-5-13(25-2)6-8-14/h5-8,11-12H,9-10H2,1-4H3. The molecule has 0 aliphatic rings. The monoisotopic (exact) mass is 438 g/mol. The van der Waals surface area contributed by atoms with Gasteiger partial charge in [0.1, 0.15) is 5.75 Å².